The van der Waals surface area contributed by atoms with Gasteiger partial charge in [-0.2, -0.15) is 6.42 Å². The Morgan fingerprint density at radius 2 is 1.67 bits per heavy atom. The summed E-state index contributed by atoms with van der Waals surface area (Å²) in [5.74, 6) is 0. The van der Waals surface area contributed by atoms with E-state index < -0.39 is 0 Å². The first-order chi connectivity index (χ1) is 2.83. The van der Waals surface area contributed by atoms with Gasteiger partial charge in [-0.25, -0.2) is 0 Å². The second-order valence-corrected chi connectivity index (χ2v) is 18.0. The van der Waals surface area contributed by atoms with Crippen molar-refractivity contribution in [2.24, 2.45) is 0 Å². The molecule has 6 heavy (non-hydrogen) atoms. The molecule has 0 aliphatic carbocycles. The summed E-state index contributed by atoms with van der Waals surface area (Å²) in [6.07, 6.45) is 1.00. The normalized spacial score (nSPS) is 6.67. The molecule has 0 amide bonds. The molecule has 0 rings (SSSR count). The SMILES string of the molecule is [CH2-]CC.[I][Ir+][I]. The summed E-state index contributed by atoms with van der Waals surface area (Å²) in [5.41, 5.74) is 0. The van der Waals surface area contributed by atoms with Crippen molar-refractivity contribution in [2.45, 2.75) is 13.3 Å². The zero-order valence-corrected chi connectivity index (χ0v) is 10.2. The van der Waals surface area contributed by atoms with E-state index in [0.717, 1.165) is 6.42 Å². The van der Waals surface area contributed by atoms with Gasteiger partial charge in [0.2, 0.25) is 0 Å². The molecule has 0 aromatic rings. The Labute approximate surface area is 68.9 Å². The summed E-state index contributed by atoms with van der Waals surface area (Å²) in [5, 5.41) is 0. The number of halogens is 2. The van der Waals surface area contributed by atoms with Gasteiger partial charge in [-0.1, -0.05) is 6.92 Å². The van der Waals surface area contributed by atoms with Crippen molar-refractivity contribution in [3.05, 3.63) is 6.92 Å². The first kappa shape index (κ1) is 11.0. The number of rotatable bonds is 0. The fraction of sp³-hybridized carbons (Fsp3) is 0.667. The molecule has 42 valence electrons. The van der Waals surface area contributed by atoms with Crippen molar-refractivity contribution < 1.29 is 10.5 Å². The van der Waals surface area contributed by atoms with Crippen molar-refractivity contribution in [2.75, 3.05) is 0 Å². The molecule has 0 aromatic carbocycles. The average Bonchev–Trinajstić information content (AvgIpc) is 1.39. The van der Waals surface area contributed by atoms with Crippen LogP contribution < -0.4 is 0 Å². The molecule has 0 bridgehead atoms. The van der Waals surface area contributed by atoms with Crippen LogP contribution in [0.3, 0.4) is 0 Å². The Morgan fingerprint density at radius 3 is 1.67 bits per heavy atom. The van der Waals surface area contributed by atoms with E-state index in [1.54, 1.807) is 0 Å². The second-order valence-electron chi connectivity index (χ2n) is 0.548. The third-order valence-corrected chi connectivity index (χ3v) is 0. The quantitative estimate of drug-likeness (QED) is 0.363. The van der Waals surface area contributed by atoms with E-state index in [1.807, 2.05) is 6.92 Å². The molecule has 0 spiro atoms. The Balaban J connectivity index is 0. The maximum atomic E-state index is 3.49. The van der Waals surface area contributed by atoms with Crippen LogP contribution in [0.25, 0.3) is 0 Å². The van der Waals surface area contributed by atoms with E-state index in [9.17, 15) is 0 Å². The van der Waals surface area contributed by atoms with Crippen molar-refractivity contribution in [3.63, 3.8) is 0 Å². The summed E-state index contributed by atoms with van der Waals surface area (Å²) in [6.45, 7) is 5.50. The molecule has 0 unspecified atom stereocenters. The second kappa shape index (κ2) is 15.7. The minimum absolute atomic E-state index is 0.440. The van der Waals surface area contributed by atoms with Crippen LogP contribution in [0.1, 0.15) is 13.3 Å². The molecule has 0 heterocycles. The van der Waals surface area contributed by atoms with Gasteiger partial charge in [-0.3, -0.25) is 0 Å². The topological polar surface area (TPSA) is 0 Å². The summed E-state index contributed by atoms with van der Waals surface area (Å²) >= 11 is 4.80. The van der Waals surface area contributed by atoms with Gasteiger partial charge in [0.1, 0.15) is 0 Å². The molecule has 0 aliphatic heterocycles. The fourth-order valence-corrected chi connectivity index (χ4v) is 0. The van der Waals surface area contributed by atoms with E-state index in [2.05, 4.69) is 46.1 Å². The zero-order chi connectivity index (χ0) is 5.41. The molecule has 3 heteroatoms. The van der Waals surface area contributed by atoms with E-state index in [-0.39, 0.29) is 0 Å². The average molecular weight is 489 g/mol. The standard InChI is InChI=1S/C3H7.2HI.Ir/c1-3-2;;;/h1,3H2,2H3;2*1H;/q-1;;;+3/p-2. The predicted molar refractivity (Wildman–Crippen MR) is 43.7 cm³/mol. The Hall–Kier alpha value is 2.11. The molecule has 0 nitrogen and oxygen atoms in total. The van der Waals surface area contributed by atoms with Crippen LogP contribution in [0.5, 0.6) is 0 Å². The van der Waals surface area contributed by atoms with Crippen LogP contribution in [-0.2, 0) is 10.5 Å². The summed E-state index contributed by atoms with van der Waals surface area (Å²) in [6, 6.07) is 0. The van der Waals surface area contributed by atoms with Gasteiger partial charge in [0.15, 0.2) is 0 Å². The molecule has 0 fully saturated rings. The first-order valence-electron chi connectivity index (χ1n) is 1.46. The van der Waals surface area contributed by atoms with Gasteiger partial charge in [0.05, 0.1) is 0 Å². The Morgan fingerprint density at radius 1 is 1.67 bits per heavy atom. The van der Waals surface area contributed by atoms with Crippen LogP contribution in [-0.4, -0.2) is 0 Å². The molecular weight excluding hydrogens is 482 g/mol. The van der Waals surface area contributed by atoms with Crippen LogP contribution in [0, 0.1) is 6.92 Å². The number of hydrogen-bond donors (Lipinski definition) is 0. The van der Waals surface area contributed by atoms with Gasteiger partial charge in [-0.15, -0.1) is 0 Å². The van der Waals surface area contributed by atoms with Gasteiger partial charge in [0.25, 0.3) is 0 Å². The summed E-state index contributed by atoms with van der Waals surface area (Å²) < 4.78 is 0. The van der Waals surface area contributed by atoms with E-state index >= 15 is 0 Å². The molecule has 0 atom stereocenters. The van der Waals surface area contributed by atoms with Crippen molar-refractivity contribution >= 4 is 39.2 Å². The molecule has 0 saturated carbocycles. The fourth-order valence-electron chi connectivity index (χ4n) is 0. The molecule has 0 saturated heterocycles. The van der Waals surface area contributed by atoms with E-state index in [1.165, 1.54) is 0 Å². The van der Waals surface area contributed by atoms with Crippen LogP contribution in [0.2, 0.25) is 0 Å². The maximum absolute atomic E-state index is 3.49. The van der Waals surface area contributed by atoms with Gasteiger partial charge >= 0.3 is 49.7 Å². The molecule has 0 aromatic heterocycles. The van der Waals surface area contributed by atoms with Gasteiger partial charge < -0.3 is 6.92 Å². The molecule has 0 radical (unpaired) electrons. The third kappa shape index (κ3) is 35.8. The van der Waals surface area contributed by atoms with Crippen molar-refractivity contribution in [1.82, 2.24) is 0 Å². The van der Waals surface area contributed by atoms with E-state index in [0.29, 0.717) is 10.5 Å². The Bertz CT molecular complexity index is 10.8. The molecular formula is C3H7I2Ir. The molecule has 0 aliphatic rings. The van der Waals surface area contributed by atoms with Crippen LogP contribution in [0.15, 0.2) is 0 Å². The van der Waals surface area contributed by atoms with Crippen LogP contribution in [0.4, 0.5) is 0 Å². The monoisotopic (exact) mass is 490 g/mol. The van der Waals surface area contributed by atoms with Crippen LogP contribution >= 0.6 is 39.2 Å². The predicted octanol–water partition coefficient (Wildman–Crippen LogP) is 3.00. The number of hydrogen-bond acceptors (Lipinski definition) is 0. The van der Waals surface area contributed by atoms with E-state index in [4.69, 9.17) is 0 Å². The summed E-state index contributed by atoms with van der Waals surface area (Å²) in [4.78, 5) is 0. The molecule has 0 N–H and O–H groups in total. The minimum atomic E-state index is 0.440. The van der Waals surface area contributed by atoms with Gasteiger partial charge in [-0.05, 0) is 0 Å². The third-order valence-electron chi connectivity index (χ3n) is 0. The van der Waals surface area contributed by atoms with Crippen molar-refractivity contribution in [3.8, 4) is 0 Å². The summed E-state index contributed by atoms with van der Waals surface area (Å²) in [7, 11) is 0.440. The van der Waals surface area contributed by atoms with Gasteiger partial charge in [0, 0.05) is 0 Å². The first-order valence-corrected chi connectivity index (χ1v) is 15.0. The Kier molecular flexibility index (Phi) is 28.8. The van der Waals surface area contributed by atoms with Crippen molar-refractivity contribution in [1.29, 1.82) is 0 Å². The zero-order valence-electron chi connectivity index (χ0n) is 3.50.